The molecule has 1 aromatic rings. The lowest BCUT2D eigenvalue weighted by Crippen LogP contribution is -1.66. The van der Waals surface area contributed by atoms with Crippen LogP contribution in [0.1, 0.15) is 0 Å². The molecule has 1 heterocycles. The molecule has 52 valence electrons. The Balaban J connectivity index is 3.10. The molecule has 1 aromatic heterocycles. The molecule has 10 heavy (non-hydrogen) atoms. The van der Waals surface area contributed by atoms with Crippen LogP contribution in [0.15, 0.2) is 28.9 Å². The first-order valence-electron chi connectivity index (χ1n) is 2.50. The van der Waals surface area contributed by atoms with Gasteiger partial charge in [0.15, 0.2) is 0 Å². The van der Waals surface area contributed by atoms with Gasteiger partial charge in [-0.05, 0) is 12.1 Å². The van der Waals surface area contributed by atoms with E-state index >= 15 is 0 Å². The highest BCUT2D eigenvalue weighted by atomic mass is 32.2. The van der Waals surface area contributed by atoms with Crippen LogP contribution in [0.5, 0.6) is 0 Å². The number of rotatable bonds is 1. The summed E-state index contributed by atoms with van der Waals surface area (Å²) in [5.41, 5.74) is 0.392. The minimum absolute atomic E-state index is 0.392. The smallest absolute Gasteiger partial charge is 0.265 e. The van der Waals surface area contributed by atoms with Crippen molar-refractivity contribution in [3.8, 4) is 0 Å². The molecule has 0 spiro atoms. The van der Waals surface area contributed by atoms with Gasteiger partial charge in [-0.3, -0.25) is 4.98 Å². The molecule has 0 aliphatic rings. The van der Waals surface area contributed by atoms with Crippen molar-refractivity contribution in [2.45, 2.75) is 0 Å². The molecule has 0 saturated carbocycles. The first-order valence-corrected chi connectivity index (χ1v) is 3.53. The maximum Gasteiger partial charge on any atom is 0.316 e. The zero-order chi connectivity index (χ0) is 7.40. The van der Waals surface area contributed by atoms with E-state index in [0.717, 1.165) is 0 Å². The minimum atomic E-state index is -2.37. The first-order chi connectivity index (χ1) is 4.79. The Morgan fingerprint density at radius 3 is 2.40 bits per heavy atom. The van der Waals surface area contributed by atoms with Crippen LogP contribution < -0.4 is 0 Å². The topological polar surface area (TPSA) is 59.4 Å². The molecule has 4 nitrogen and oxygen atoms in total. The van der Waals surface area contributed by atoms with Crippen LogP contribution in [0.3, 0.4) is 0 Å². The van der Waals surface area contributed by atoms with Gasteiger partial charge >= 0.3 is 10.5 Å². The van der Waals surface area contributed by atoms with Gasteiger partial charge in [-0.15, -0.1) is 4.36 Å². The summed E-state index contributed by atoms with van der Waals surface area (Å²) in [5, 5.41) is 0. The molecular weight excluding hydrogens is 152 g/mol. The fourth-order valence-electron chi connectivity index (χ4n) is 0.491. The van der Waals surface area contributed by atoms with E-state index in [1.807, 2.05) is 0 Å². The summed E-state index contributed by atoms with van der Waals surface area (Å²) in [5.74, 6) is 0. The molecule has 1 rings (SSSR count). The monoisotopic (exact) mass is 156 g/mol. The van der Waals surface area contributed by atoms with Crippen molar-refractivity contribution in [2.75, 3.05) is 0 Å². The molecule has 0 aliphatic heterocycles. The van der Waals surface area contributed by atoms with Gasteiger partial charge in [0.25, 0.3) is 0 Å². The fraction of sp³-hybridized carbons (Fsp3) is 0. The van der Waals surface area contributed by atoms with Crippen molar-refractivity contribution in [1.82, 2.24) is 4.98 Å². The zero-order valence-electron chi connectivity index (χ0n) is 4.93. The largest absolute Gasteiger partial charge is 0.316 e. The van der Waals surface area contributed by atoms with Crippen LogP contribution in [0.25, 0.3) is 0 Å². The second kappa shape index (κ2) is 3.07. The molecule has 5 heteroatoms. The summed E-state index contributed by atoms with van der Waals surface area (Å²) in [6.45, 7) is 0. The second-order valence-electron chi connectivity index (χ2n) is 1.51. The number of pyridine rings is 1. The molecule has 0 amide bonds. The lowest BCUT2D eigenvalue weighted by atomic mass is 10.4. The van der Waals surface area contributed by atoms with Gasteiger partial charge in [0.2, 0.25) is 0 Å². The summed E-state index contributed by atoms with van der Waals surface area (Å²) < 4.78 is 23.2. The van der Waals surface area contributed by atoms with Crippen molar-refractivity contribution in [3.05, 3.63) is 24.5 Å². The van der Waals surface area contributed by atoms with Crippen molar-refractivity contribution >= 4 is 16.2 Å². The van der Waals surface area contributed by atoms with Gasteiger partial charge in [0, 0.05) is 12.4 Å². The summed E-state index contributed by atoms with van der Waals surface area (Å²) in [7, 11) is -2.37. The van der Waals surface area contributed by atoms with E-state index in [0.29, 0.717) is 5.69 Å². The maximum absolute atomic E-state index is 9.98. The number of nitrogens with zero attached hydrogens (tertiary/aromatic N) is 2. The van der Waals surface area contributed by atoms with E-state index in [-0.39, 0.29) is 0 Å². The van der Waals surface area contributed by atoms with Crippen LogP contribution in [-0.4, -0.2) is 13.4 Å². The average Bonchev–Trinajstić information content (AvgIpc) is 1.88. The molecule has 0 bridgehead atoms. The van der Waals surface area contributed by atoms with E-state index in [4.69, 9.17) is 0 Å². The molecular formula is C5H4N2O2S. The van der Waals surface area contributed by atoms with Crippen LogP contribution >= 0.6 is 0 Å². The Bertz CT molecular complexity index is 322. The van der Waals surface area contributed by atoms with Crippen LogP contribution in [0.2, 0.25) is 0 Å². The van der Waals surface area contributed by atoms with Gasteiger partial charge in [-0.2, -0.15) is 8.42 Å². The third kappa shape index (κ3) is 1.94. The van der Waals surface area contributed by atoms with E-state index in [1.54, 1.807) is 0 Å². The molecule has 0 aliphatic carbocycles. The van der Waals surface area contributed by atoms with Crippen molar-refractivity contribution in [2.24, 2.45) is 4.36 Å². The molecule has 0 unspecified atom stereocenters. The molecule has 0 saturated heterocycles. The van der Waals surface area contributed by atoms with Gasteiger partial charge in [-0.1, -0.05) is 0 Å². The molecule has 0 fully saturated rings. The summed E-state index contributed by atoms with van der Waals surface area (Å²) in [6.07, 6.45) is 2.96. The second-order valence-corrected chi connectivity index (χ2v) is 2.13. The van der Waals surface area contributed by atoms with Gasteiger partial charge < -0.3 is 0 Å². The fourth-order valence-corrected chi connectivity index (χ4v) is 0.785. The molecule has 0 N–H and O–H groups in total. The quantitative estimate of drug-likeness (QED) is 0.603. The predicted octanol–water partition coefficient (Wildman–Crippen LogP) is 0.776. The standard InChI is InChI=1S/C5H4N2O2S/c8-10(9)7-5-1-3-6-4-2-5/h1-4H. The van der Waals surface area contributed by atoms with Crippen LogP contribution in [0, 0.1) is 0 Å². The van der Waals surface area contributed by atoms with Gasteiger partial charge in [-0.25, -0.2) is 0 Å². The predicted molar refractivity (Wildman–Crippen MR) is 35.2 cm³/mol. The average molecular weight is 156 g/mol. The van der Waals surface area contributed by atoms with Crippen molar-refractivity contribution in [3.63, 3.8) is 0 Å². The SMILES string of the molecule is O=S(=O)=Nc1ccncc1. The van der Waals surface area contributed by atoms with E-state index in [9.17, 15) is 8.42 Å². The van der Waals surface area contributed by atoms with E-state index in [1.165, 1.54) is 24.5 Å². The Hall–Kier alpha value is -1.23. The number of aromatic nitrogens is 1. The molecule has 0 aromatic carbocycles. The Morgan fingerprint density at radius 1 is 1.30 bits per heavy atom. The Kier molecular flexibility index (Phi) is 2.11. The van der Waals surface area contributed by atoms with E-state index < -0.39 is 10.5 Å². The highest BCUT2D eigenvalue weighted by Gasteiger charge is 1.83. The zero-order valence-corrected chi connectivity index (χ0v) is 5.75. The third-order valence-electron chi connectivity index (χ3n) is 0.843. The lowest BCUT2D eigenvalue weighted by Gasteiger charge is -1.82. The van der Waals surface area contributed by atoms with Crippen LogP contribution in [0.4, 0.5) is 5.69 Å². The molecule has 0 atom stereocenters. The summed E-state index contributed by atoms with van der Waals surface area (Å²) in [4.78, 5) is 3.69. The Morgan fingerprint density at radius 2 is 1.90 bits per heavy atom. The summed E-state index contributed by atoms with van der Waals surface area (Å²) in [6, 6.07) is 3.02. The lowest BCUT2D eigenvalue weighted by molar-refractivity contribution is 0.622. The van der Waals surface area contributed by atoms with Gasteiger partial charge in [0.05, 0.1) is 5.69 Å². The Labute approximate surface area is 59.2 Å². The minimum Gasteiger partial charge on any atom is -0.265 e. The van der Waals surface area contributed by atoms with E-state index in [2.05, 4.69) is 9.35 Å². The first kappa shape index (κ1) is 6.88. The number of hydrogen-bond donors (Lipinski definition) is 0. The highest BCUT2D eigenvalue weighted by Crippen LogP contribution is 2.06. The van der Waals surface area contributed by atoms with Crippen molar-refractivity contribution in [1.29, 1.82) is 0 Å². The highest BCUT2D eigenvalue weighted by molar-refractivity contribution is 7.61. The van der Waals surface area contributed by atoms with Gasteiger partial charge in [0.1, 0.15) is 0 Å². The normalized spacial score (nSPS) is 8.80. The molecule has 0 radical (unpaired) electrons. The number of hydrogen-bond acceptors (Lipinski definition) is 4. The van der Waals surface area contributed by atoms with Crippen molar-refractivity contribution < 1.29 is 8.42 Å². The third-order valence-corrected chi connectivity index (χ3v) is 1.20. The maximum atomic E-state index is 9.98. The van der Waals surface area contributed by atoms with Crippen LogP contribution in [-0.2, 0) is 10.5 Å². The summed E-state index contributed by atoms with van der Waals surface area (Å²) >= 11 is 0.